The Balaban J connectivity index is 1.55. The van der Waals surface area contributed by atoms with Gasteiger partial charge in [-0.3, -0.25) is 19.8 Å². The van der Waals surface area contributed by atoms with E-state index < -0.39 is 15.8 Å². The predicted octanol–water partition coefficient (Wildman–Crippen LogP) is 3.33. The van der Waals surface area contributed by atoms with Gasteiger partial charge in [0, 0.05) is 34.7 Å². The van der Waals surface area contributed by atoms with Crippen LogP contribution in [0, 0.1) is 10.1 Å². The van der Waals surface area contributed by atoms with Crippen LogP contribution >= 0.6 is 23.1 Å². The molecule has 1 atom stereocenters. The summed E-state index contributed by atoms with van der Waals surface area (Å²) >= 11 is 2.33. The van der Waals surface area contributed by atoms with Crippen LogP contribution in [-0.4, -0.2) is 21.7 Å². The van der Waals surface area contributed by atoms with E-state index in [9.17, 15) is 19.7 Å². The van der Waals surface area contributed by atoms with Crippen LogP contribution < -0.4 is 4.90 Å². The Bertz CT molecular complexity index is 896. The van der Waals surface area contributed by atoms with Crippen LogP contribution in [-0.2, 0) is 20.9 Å². The van der Waals surface area contributed by atoms with E-state index in [2.05, 4.69) is 0 Å². The first-order chi connectivity index (χ1) is 12.0. The number of amides is 1. The molecule has 7 nitrogen and oxygen atoms in total. The van der Waals surface area contributed by atoms with Crippen molar-refractivity contribution in [1.29, 1.82) is 0 Å². The number of benzene rings is 1. The largest absolute Gasteiger partial charge is 0.458 e. The second kappa shape index (κ2) is 5.85. The van der Waals surface area contributed by atoms with Gasteiger partial charge in [0.2, 0.25) is 5.91 Å². The van der Waals surface area contributed by atoms with Crippen LogP contribution in [0.25, 0.3) is 0 Å². The van der Waals surface area contributed by atoms with Crippen molar-refractivity contribution < 1.29 is 19.2 Å². The quantitative estimate of drug-likeness (QED) is 0.462. The average molecular weight is 376 g/mol. The molecule has 1 amide bonds. The molecule has 1 fully saturated rings. The number of rotatable bonds is 4. The molecule has 0 radical (unpaired) electrons. The molecule has 4 rings (SSSR count). The van der Waals surface area contributed by atoms with E-state index in [0.29, 0.717) is 18.4 Å². The van der Waals surface area contributed by atoms with Crippen LogP contribution in [0.4, 0.5) is 10.7 Å². The summed E-state index contributed by atoms with van der Waals surface area (Å²) in [7, 11) is 0. The van der Waals surface area contributed by atoms with Crippen molar-refractivity contribution in [1.82, 2.24) is 0 Å². The zero-order valence-corrected chi connectivity index (χ0v) is 14.5. The normalized spacial score (nSPS) is 21.1. The molecular formula is C16H12N2O5S2. The molecule has 1 aromatic heterocycles. The maximum Gasteiger partial charge on any atom is 0.343 e. The highest BCUT2D eigenvalue weighted by atomic mass is 32.2. The van der Waals surface area contributed by atoms with Gasteiger partial charge in [0.1, 0.15) is 6.61 Å². The summed E-state index contributed by atoms with van der Waals surface area (Å²) in [5, 5.41) is 12.3. The third-order valence-corrected chi connectivity index (χ3v) is 6.57. The first-order valence-electron chi connectivity index (χ1n) is 7.51. The van der Waals surface area contributed by atoms with Crippen molar-refractivity contribution in [3.63, 3.8) is 0 Å². The summed E-state index contributed by atoms with van der Waals surface area (Å²) in [6.07, 6.45) is 0.675. The van der Waals surface area contributed by atoms with Gasteiger partial charge in [-0.2, -0.15) is 0 Å². The summed E-state index contributed by atoms with van der Waals surface area (Å²) in [6.45, 7) is -0.0517. The van der Waals surface area contributed by atoms with Crippen molar-refractivity contribution in [3.05, 3.63) is 51.4 Å². The number of thioether (sulfide) groups is 1. The average Bonchev–Trinajstić information content (AvgIpc) is 3.27. The number of nitro groups is 1. The van der Waals surface area contributed by atoms with Crippen LogP contribution in [0.2, 0.25) is 0 Å². The minimum Gasteiger partial charge on any atom is -0.458 e. The van der Waals surface area contributed by atoms with Crippen LogP contribution in [0.3, 0.4) is 0 Å². The van der Waals surface area contributed by atoms with Crippen LogP contribution in [0.5, 0.6) is 0 Å². The SMILES string of the molecule is O=C1CC[C@]2(C(=O)OCc3csc([N+](=O)[O-])c3)Sc3ccccc3N12. The molecule has 0 N–H and O–H groups in total. The third-order valence-electron chi connectivity index (χ3n) is 4.18. The molecule has 0 bridgehead atoms. The lowest BCUT2D eigenvalue weighted by Crippen LogP contribution is -2.47. The smallest absolute Gasteiger partial charge is 0.343 e. The van der Waals surface area contributed by atoms with Gasteiger partial charge in [0.05, 0.1) is 10.6 Å². The highest BCUT2D eigenvalue weighted by molar-refractivity contribution is 8.02. The van der Waals surface area contributed by atoms with E-state index in [-0.39, 0.29) is 17.5 Å². The maximum atomic E-state index is 12.8. The molecule has 0 unspecified atom stereocenters. The Kier molecular flexibility index (Phi) is 3.77. The lowest BCUT2D eigenvalue weighted by molar-refractivity contribution is -0.380. The zero-order valence-electron chi connectivity index (χ0n) is 12.8. The molecule has 0 spiro atoms. The number of nitrogens with zero attached hydrogens (tertiary/aromatic N) is 2. The summed E-state index contributed by atoms with van der Waals surface area (Å²) in [6, 6.07) is 8.79. The molecule has 0 aliphatic carbocycles. The van der Waals surface area contributed by atoms with E-state index in [0.717, 1.165) is 21.9 Å². The molecule has 128 valence electrons. The van der Waals surface area contributed by atoms with Gasteiger partial charge in [0.15, 0.2) is 4.87 Å². The number of carbonyl (C=O) groups is 2. The number of para-hydroxylation sites is 1. The van der Waals surface area contributed by atoms with Gasteiger partial charge < -0.3 is 4.74 Å². The van der Waals surface area contributed by atoms with Gasteiger partial charge in [-0.25, -0.2) is 4.79 Å². The van der Waals surface area contributed by atoms with Crippen molar-refractivity contribution in [3.8, 4) is 0 Å². The van der Waals surface area contributed by atoms with E-state index in [1.807, 2.05) is 24.3 Å². The predicted molar refractivity (Wildman–Crippen MR) is 92.5 cm³/mol. The first-order valence-corrected chi connectivity index (χ1v) is 9.21. The van der Waals surface area contributed by atoms with Gasteiger partial charge in [-0.1, -0.05) is 35.2 Å². The minimum absolute atomic E-state index is 0.00419. The molecule has 0 saturated carbocycles. The number of fused-ring (bicyclic) bond motifs is 3. The number of hydrogen-bond acceptors (Lipinski definition) is 7. The Hall–Kier alpha value is -2.39. The standard InChI is InChI=1S/C16H12N2O5S2/c19-13-5-6-16(17(13)11-3-1-2-4-12(11)25-16)15(20)23-8-10-7-14(18(21)22)24-9-10/h1-4,7,9H,5-6,8H2/t16-/m1/s1. The molecule has 25 heavy (non-hydrogen) atoms. The molecule has 9 heteroatoms. The fourth-order valence-electron chi connectivity index (χ4n) is 3.07. The van der Waals surface area contributed by atoms with Crippen molar-refractivity contribution in [2.75, 3.05) is 4.90 Å². The number of esters is 1. The topological polar surface area (TPSA) is 89.8 Å². The van der Waals surface area contributed by atoms with Crippen molar-refractivity contribution >= 4 is 45.7 Å². The van der Waals surface area contributed by atoms with Crippen molar-refractivity contribution in [2.24, 2.45) is 0 Å². The second-order valence-corrected chi connectivity index (χ2v) is 7.92. The van der Waals surface area contributed by atoms with E-state index in [1.165, 1.54) is 22.7 Å². The summed E-state index contributed by atoms with van der Waals surface area (Å²) in [4.78, 5) is 36.7. The zero-order chi connectivity index (χ0) is 17.6. The number of carbonyl (C=O) groups excluding carboxylic acids is 2. The Morgan fingerprint density at radius 1 is 1.40 bits per heavy atom. The third kappa shape index (κ3) is 2.50. The Morgan fingerprint density at radius 2 is 2.20 bits per heavy atom. The number of anilines is 1. The number of ether oxygens (including phenoxy) is 1. The lowest BCUT2D eigenvalue weighted by Gasteiger charge is -2.28. The molecule has 1 aromatic carbocycles. The first kappa shape index (κ1) is 16.1. The highest BCUT2D eigenvalue weighted by Gasteiger charge is 2.58. The second-order valence-electron chi connectivity index (χ2n) is 5.71. The number of thiophene rings is 1. The highest BCUT2D eigenvalue weighted by Crippen LogP contribution is 2.56. The Labute approximate surface area is 150 Å². The number of hydrogen-bond donors (Lipinski definition) is 0. The fraction of sp³-hybridized carbons (Fsp3) is 0.250. The van der Waals surface area contributed by atoms with Crippen LogP contribution in [0.15, 0.2) is 40.6 Å². The van der Waals surface area contributed by atoms with Gasteiger partial charge in [-0.05, 0) is 12.1 Å². The summed E-state index contributed by atoms with van der Waals surface area (Å²) in [5.74, 6) is -0.589. The van der Waals surface area contributed by atoms with Crippen LogP contribution in [0.1, 0.15) is 18.4 Å². The van der Waals surface area contributed by atoms with Gasteiger partial charge in [-0.15, -0.1) is 0 Å². The fourth-order valence-corrected chi connectivity index (χ4v) is 5.19. The van der Waals surface area contributed by atoms with E-state index in [4.69, 9.17) is 4.74 Å². The molecule has 3 heterocycles. The molecular weight excluding hydrogens is 364 g/mol. The molecule has 2 aliphatic heterocycles. The summed E-state index contributed by atoms with van der Waals surface area (Å²) < 4.78 is 5.42. The maximum absolute atomic E-state index is 12.8. The Morgan fingerprint density at radius 3 is 2.96 bits per heavy atom. The minimum atomic E-state index is -1.07. The molecule has 2 aliphatic rings. The van der Waals surface area contributed by atoms with E-state index in [1.54, 1.807) is 5.38 Å². The van der Waals surface area contributed by atoms with Crippen molar-refractivity contribution in [2.45, 2.75) is 29.2 Å². The molecule has 1 saturated heterocycles. The van der Waals surface area contributed by atoms with Gasteiger partial charge in [0.25, 0.3) is 0 Å². The van der Waals surface area contributed by atoms with Gasteiger partial charge >= 0.3 is 11.0 Å². The summed E-state index contributed by atoms with van der Waals surface area (Å²) in [5.41, 5.74) is 1.30. The van der Waals surface area contributed by atoms with E-state index >= 15 is 0 Å². The molecule has 2 aromatic rings. The lowest BCUT2D eigenvalue weighted by atomic mass is 10.2. The monoisotopic (exact) mass is 376 g/mol.